The Morgan fingerprint density at radius 3 is 2.53 bits per heavy atom. The minimum Gasteiger partial charge on any atom is -0.323 e. The van der Waals surface area contributed by atoms with Crippen LogP contribution in [0.4, 0.5) is 0 Å². The smallest absolute Gasteiger partial charge is 0.0418 e. The first kappa shape index (κ1) is 13.5. The summed E-state index contributed by atoms with van der Waals surface area (Å²) in [7, 11) is 0. The van der Waals surface area contributed by atoms with Gasteiger partial charge in [-0.05, 0) is 40.8 Å². The molecule has 0 radical (unpaired) electrons. The highest BCUT2D eigenvalue weighted by Gasteiger charge is 2.22. The molecule has 1 aliphatic rings. The van der Waals surface area contributed by atoms with Gasteiger partial charge in [0.15, 0.2) is 0 Å². The molecular formula is C11H17BrClNS. The maximum Gasteiger partial charge on any atom is 0.0418 e. The first-order valence-corrected chi connectivity index (χ1v) is 6.94. The summed E-state index contributed by atoms with van der Waals surface area (Å²) in [6.07, 6.45) is 6.76. The Morgan fingerprint density at radius 2 is 2.00 bits per heavy atom. The van der Waals surface area contributed by atoms with E-state index in [0.29, 0.717) is 5.92 Å². The van der Waals surface area contributed by atoms with Gasteiger partial charge in [-0.15, -0.1) is 23.7 Å². The summed E-state index contributed by atoms with van der Waals surface area (Å²) in [6.45, 7) is 0. The number of hydrogen-bond donors (Lipinski definition) is 1. The van der Waals surface area contributed by atoms with Crippen LogP contribution in [0.5, 0.6) is 0 Å². The quantitative estimate of drug-likeness (QED) is 0.854. The lowest BCUT2D eigenvalue weighted by molar-refractivity contribution is 0.310. The van der Waals surface area contributed by atoms with E-state index in [1.807, 2.05) is 0 Å². The minimum atomic E-state index is 0. The van der Waals surface area contributed by atoms with E-state index >= 15 is 0 Å². The maximum atomic E-state index is 6.27. The van der Waals surface area contributed by atoms with Gasteiger partial charge >= 0.3 is 0 Å². The molecule has 1 aromatic heterocycles. The summed E-state index contributed by atoms with van der Waals surface area (Å²) >= 11 is 5.26. The SMILES string of the molecule is Cl.N[C@H](c1cc(Br)cs1)C1CCCCC1. The number of halogens is 2. The first-order chi connectivity index (χ1) is 6.77. The molecule has 0 aromatic carbocycles. The fraction of sp³-hybridized carbons (Fsp3) is 0.636. The summed E-state index contributed by atoms with van der Waals surface area (Å²) in [5.74, 6) is 0.717. The van der Waals surface area contributed by atoms with Crippen LogP contribution in [0.1, 0.15) is 43.0 Å². The molecule has 1 saturated carbocycles. The van der Waals surface area contributed by atoms with Gasteiger partial charge in [0.05, 0.1) is 0 Å². The van der Waals surface area contributed by atoms with E-state index < -0.39 is 0 Å². The lowest BCUT2D eigenvalue weighted by Crippen LogP contribution is -2.22. The van der Waals surface area contributed by atoms with Gasteiger partial charge in [0.1, 0.15) is 0 Å². The Balaban J connectivity index is 0.00000112. The van der Waals surface area contributed by atoms with E-state index in [4.69, 9.17) is 5.73 Å². The fourth-order valence-electron chi connectivity index (χ4n) is 2.23. The molecule has 0 bridgehead atoms. The number of hydrogen-bond acceptors (Lipinski definition) is 2. The minimum absolute atomic E-state index is 0. The third kappa shape index (κ3) is 3.45. The Hall–Kier alpha value is 0.430. The molecule has 2 N–H and O–H groups in total. The van der Waals surface area contributed by atoms with Gasteiger partial charge in [-0.3, -0.25) is 0 Å². The molecule has 0 unspecified atom stereocenters. The van der Waals surface area contributed by atoms with Crippen molar-refractivity contribution in [3.63, 3.8) is 0 Å². The van der Waals surface area contributed by atoms with E-state index in [-0.39, 0.29) is 18.4 Å². The second kappa shape index (κ2) is 6.24. The maximum absolute atomic E-state index is 6.27. The van der Waals surface area contributed by atoms with Gasteiger partial charge in [0.25, 0.3) is 0 Å². The van der Waals surface area contributed by atoms with Crippen molar-refractivity contribution in [1.82, 2.24) is 0 Å². The highest BCUT2D eigenvalue weighted by molar-refractivity contribution is 9.10. The molecule has 1 aliphatic carbocycles. The second-order valence-corrected chi connectivity index (χ2v) is 5.95. The van der Waals surface area contributed by atoms with Crippen molar-refractivity contribution in [3.8, 4) is 0 Å². The van der Waals surface area contributed by atoms with Crippen LogP contribution < -0.4 is 5.73 Å². The fourth-order valence-corrected chi connectivity index (χ4v) is 3.77. The Morgan fingerprint density at radius 1 is 1.33 bits per heavy atom. The zero-order valence-corrected chi connectivity index (χ0v) is 11.8. The van der Waals surface area contributed by atoms with Crippen molar-refractivity contribution in [3.05, 3.63) is 20.8 Å². The van der Waals surface area contributed by atoms with E-state index in [1.165, 1.54) is 41.5 Å². The average Bonchev–Trinajstić information content (AvgIpc) is 2.65. The zero-order valence-electron chi connectivity index (χ0n) is 8.62. The van der Waals surface area contributed by atoms with Gasteiger partial charge in [-0.25, -0.2) is 0 Å². The highest BCUT2D eigenvalue weighted by atomic mass is 79.9. The van der Waals surface area contributed by atoms with Crippen molar-refractivity contribution >= 4 is 39.7 Å². The standard InChI is InChI=1S/C11H16BrNS.ClH/c12-9-6-10(14-7-9)11(13)8-4-2-1-3-5-8;/h6-8,11H,1-5,13H2;1H/t11-;/m0./s1. The lowest BCUT2D eigenvalue weighted by atomic mass is 9.84. The highest BCUT2D eigenvalue weighted by Crippen LogP contribution is 2.35. The zero-order chi connectivity index (χ0) is 9.97. The second-order valence-electron chi connectivity index (χ2n) is 4.09. The molecule has 0 saturated heterocycles. The van der Waals surface area contributed by atoms with Crippen molar-refractivity contribution in [1.29, 1.82) is 0 Å². The molecule has 15 heavy (non-hydrogen) atoms. The Labute approximate surface area is 110 Å². The predicted molar refractivity (Wildman–Crippen MR) is 72.8 cm³/mol. The molecule has 1 nitrogen and oxygen atoms in total. The largest absolute Gasteiger partial charge is 0.323 e. The van der Waals surface area contributed by atoms with Crippen LogP contribution in [-0.4, -0.2) is 0 Å². The van der Waals surface area contributed by atoms with Gasteiger partial charge in [-0.1, -0.05) is 19.3 Å². The topological polar surface area (TPSA) is 26.0 Å². The summed E-state index contributed by atoms with van der Waals surface area (Å²) in [5, 5.41) is 2.12. The Kier molecular flexibility index (Phi) is 5.61. The van der Waals surface area contributed by atoms with Crippen LogP contribution >= 0.6 is 39.7 Å². The average molecular weight is 311 g/mol. The van der Waals surface area contributed by atoms with Gasteiger partial charge in [-0.2, -0.15) is 0 Å². The summed E-state index contributed by atoms with van der Waals surface area (Å²) in [5.41, 5.74) is 6.27. The van der Waals surface area contributed by atoms with Crippen molar-refractivity contribution < 1.29 is 0 Å². The first-order valence-electron chi connectivity index (χ1n) is 5.27. The van der Waals surface area contributed by atoms with Crippen LogP contribution in [0.15, 0.2) is 15.9 Å². The molecule has 1 fully saturated rings. The number of thiophene rings is 1. The van der Waals surface area contributed by atoms with Gasteiger partial charge in [0.2, 0.25) is 0 Å². The number of nitrogens with two attached hydrogens (primary N) is 1. The van der Waals surface area contributed by atoms with Crippen LogP contribution in [0.2, 0.25) is 0 Å². The lowest BCUT2D eigenvalue weighted by Gasteiger charge is -2.26. The molecule has 2 rings (SSSR count). The van der Waals surface area contributed by atoms with Crippen molar-refractivity contribution in [2.24, 2.45) is 11.7 Å². The van der Waals surface area contributed by atoms with Crippen LogP contribution in [0.25, 0.3) is 0 Å². The molecular weight excluding hydrogens is 294 g/mol. The molecule has 1 aromatic rings. The predicted octanol–water partition coefficient (Wildman–Crippen LogP) is 4.51. The number of rotatable bonds is 2. The van der Waals surface area contributed by atoms with E-state index in [1.54, 1.807) is 11.3 Å². The summed E-state index contributed by atoms with van der Waals surface area (Å²) in [6, 6.07) is 2.44. The van der Waals surface area contributed by atoms with E-state index in [9.17, 15) is 0 Å². The van der Waals surface area contributed by atoms with Crippen LogP contribution in [0, 0.1) is 5.92 Å². The van der Waals surface area contributed by atoms with Gasteiger partial charge < -0.3 is 5.73 Å². The molecule has 1 atom stereocenters. The van der Waals surface area contributed by atoms with E-state index in [2.05, 4.69) is 27.4 Å². The summed E-state index contributed by atoms with van der Waals surface area (Å²) < 4.78 is 1.17. The van der Waals surface area contributed by atoms with Crippen LogP contribution in [-0.2, 0) is 0 Å². The van der Waals surface area contributed by atoms with Crippen LogP contribution in [0.3, 0.4) is 0 Å². The molecule has 0 aliphatic heterocycles. The van der Waals surface area contributed by atoms with Gasteiger partial charge in [0, 0.05) is 20.8 Å². The third-order valence-corrected chi connectivity index (χ3v) is 4.87. The molecule has 1 heterocycles. The van der Waals surface area contributed by atoms with Crippen molar-refractivity contribution in [2.45, 2.75) is 38.1 Å². The third-order valence-electron chi connectivity index (χ3n) is 3.07. The van der Waals surface area contributed by atoms with E-state index in [0.717, 1.165) is 0 Å². The summed E-state index contributed by atoms with van der Waals surface area (Å²) in [4.78, 5) is 1.34. The van der Waals surface area contributed by atoms with Crippen molar-refractivity contribution in [2.75, 3.05) is 0 Å². The molecule has 0 amide bonds. The normalized spacial score (nSPS) is 19.6. The molecule has 86 valence electrons. The monoisotopic (exact) mass is 309 g/mol. The molecule has 4 heteroatoms. The molecule has 0 spiro atoms. The Bertz CT molecular complexity index is 297.